The van der Waals surface area contributed by atoms with Crippen LogP contribution >= 0.6 is 0 Å². The van der Waals surface area contributed by atoms with Gasteiger partial charge in [0.1, 0.15) is 4.90 Å². The number of anilines is 1. The fourth-order valence-electron chi connectivity index (χ4n) is 1.87. The number of hydrazine groups is 1. The van der Waals surface area contributed by atoms with Crippen LogP contribution in [0.3, 0.4) is 0 Å². The topological polar surface area (TPSA) is 97.1 Å². The van der Waals surface area contributed by atoms with Crippen molar-refractivity contribution in [3.63, 3.8) is 0 Å². The molecule has 4 N–H and O–H groups in total. The molecule has 7 heteroatoms. The van der Waals surface area contributed by atoms with Gasteiger partial charge in [-0.2, -0.15) is 0 Å². The first kappa shape index (κ1) is 13.3. The van der Waals surface area contributed by atoms with Crippen molar-refractivity contribution in [2.75, 3.05) is 12.0 Å². The highest BCUT2D eigenvalue weighted by Gasteiger charge is 2.41. The predicted octanol–water partition coefficient (Wildman–Crippen LogP) is 0.836. The second-order valence-corrected chi connectivity index (χ2v) is 6.41. The van der Waals surface area contributed by atoms with Crippen LogP contribution in [0.2, 0.25) is 0 Å². The maximum absolute atomic E-state index is 12.2. The molecule has 6 nitrogen and oxygen atoms in total. The summed E-state index contributed by atoms with van der Waals surface area (Å²) in [5, 5.41) is 0. The lowest BCUT2D eigenvalue weighted by atomic mass is 10.1. The summed E-state index contributed by atoms with van der Waals surface area (Å²) in [5.41, 5.74) is 2.46. The Balaban J connectivity index is 2.15. The zero-order valence-electron chi connectivity index (χ0n) is 10.3. The molecular formula is C11H18N4O2S. The van der Waals surface area contributed by atoms with Crippen molar-refractivity contribution >= 4 is 15.8 Å². The Morgan fingerprint density at radius 1 is 1.50 bits per heavy atom. The molecule has 1 heterocycles. The number of hydrogen-bond donors (Lipinski definition) is 3. The van der Waals surface area contributed by atoms with Crippen LogP contribution in [0.4, 0.5) is 5.82 Å². The molecule has 1 aromatic rings. The SMILES string of the molecule is CCC1(CNS(=O)(=O)c2cccnc2NN)CC1. The van der Waals surface area contributed by atoms with E-state index >= 15 is 0 Å². The number of pyridine rings is 1. The van der Waals surface area contributed by atoms with Crippen LogP contribution in [0.5, 0.6) is 0 Å². The van der Waals surface area contributed by atoms with Gasteiger partial charge >= 0.3 is 0 Å². The molecule has 0 aromatic carbocycles. The Kier molecular flexibility index (Phi) is 3.56. The molecule has 1 aliphatic rings. The second-order valence-electron chi connectivity index (χ2n) is 4.67. The fraction of sp³-hybridized carbons (Fsp3) is 0.545. The Bertz CT molecular complexity index is 526. The van der Waals surface area contributed by atoms with Gasteiger partial charge in [0, 0.05) is 12.7 Å². The number of nitrogens with two attached hydrogens (primary N) is 1. The molecule has 1 aromatic heterocycles. The monoisotopic (exact) mass is 270 g/mol. The fourth-order valence-corrected chi connectivity index (χ4v) is 3.15. The normalized spacial score (nSPS) is 17.4. The quantitative estimate of drug-likeness (QED) is 0.525. The van der Waals surface area contributed by atoms with E-state index in [9.17, 15) is 8.42 Å². The Labute approximate surface area is 107 Å². The van der Waals surface area contributed by atoms with Crippen LogP contribution in [0.1, 0.15) is 26.2 Å². The zero-order chi connectivity index (χ0) is 13.2. The summed E-state index contributed by atoms with van der Waals surface area (Å²) < 4.78 is 27.0. The molecule has 1 aliphatic carbocycles. The first-order chi connectivity index (χ1) is 8.53. The molecular weight excluding hydrogens is 252 g/mol. The Morgan fingerprint density at radius 2 is 2.22 bits per heavy atom. The molecule has 0 atom stereocenters. The number of nitrogens with one attached hydrogen (secondary N) is 2. The number of sulfonamides is 1. The van der Waals surface area contributed by atoms with Gasteiger partial charge in [-0.05, 0) is 36.8 Å². The third-order valence-corrected chi connectivity index (χ3v) is 4.97. The minimum absolute atomic E-state index is 0.0828. The van der Waals surface area contributed by atoms with Crippen LogP contribution < -0.4 is 16.0 Å². The highest BCUT2D eigenvalue weighted by Crippen LogP contribution is 2.48. The minimum atomic E-state index is -3.56. The van der Waals surface area contributed by atoms with Gasteiger partial charge in [0.2, 0.25) is 10.0 Å². The molecule has 0 spiro atoms. The molecule has 0 amide bonds. The number of nitrogens with zero attached hydrogens (tertiary/aromatic N) is 1. The Morgan fingerprint density at radius 3 is 2.78 bits per heavy atom. The van der Waals surface area contributed by atoms with Gasteiger partial charge in [0.25, 0.3) is 0 Å². The summed E-state index contributed by atoms with van der Waals surface area (Å²) in [4.78, 5) is 3.97. The summed E-state index contributed by atoms with van der Waals surface area (Å²) >= 11 is 0. The lowest BCUT2D eigenvalue weighted by molar-refractivity contribution is 0.475. The van der Waals surface area contributed by atoms with Crippen molar-refractivity contribution in [3.8, 4) is 0 Å². The molecule has 18 heavy (non-hydrogen) atoms. The van der Waals surface area contributed by atoms with Crippen molar-refractivity contribution in [1.82, 2.24) is 9.71 Å². The zero-order valence-corrected chi connectivity index (χ0v) is 11.1. The van der Waals surface area contributed by atoms with Crippen molar-refractivity contribution in [1.29, 1.82) is 0 Å². The maximum Gasteiger partial charge on any atom is 0.244 e. The molecule has 1 fully saturated rings. The van der Waals surface area contributed by atoms with Crippen molar-refractivity contribution < 1.29 is 8.42 Å². The molecule has 0 radical (unpaired) electrons. The van der Waals surface area contributed by atoms with Gasteiger partial charge in [-0.25, -0.2) is 24.0 Å². The minimum Gasteiger partial charge on any atom is -0.307 e. The van der Waals surface area contributed by atoms with E-state index in [1.54, 1.807) is 6.07 Å². The average Bonchev–Trinajstić information content (AvgIpc) is 3.17. The first-order valence-corrected chi connectivity index (χ1v) is 7.43. The predicted molar refractivity (Wildman–Crippen MR) is 69.2 cm³/mol. The maximum atomic E-state index is 12.2. The summed E-state index contributed by atoms with van der Waals surface area (Å²) in [5.74, 6) is 5.42. The van der Waals surface area contributed by atoms with E-state index < -0.39 is 10.0 Å². The lowest BCUT2D eigenvalue weighted by Crippen LogP contribution is -2.31. The smallest absolute Gasteiger partial charge is 0.244 e. The average molecular weight is 270 g/mol. The van der Waals surface area contributed by atoms with Gasteiger partial charge in [-0.3, -0.25) is 0 Å². The van der Waals surface area contributed by atoms with E-state index in [1.165, 1.54) is 12.3 Å². The second kappa shape index (κ2) is 4.83. The van der Waals surface area contributed by atoms with E-state index in [-0.39, 0.29) is 16.1 Å². The van der Waals surface area contributed by atoms with E-state index in [2.05, 4.69) is 22.1 Å². The largest absolute Gasteiger partial charge is 0.307 e. The van der Waals surface area contributed by atoms with Crippen LogP contribution in [0.15, 0.2) is 23.2 Å². The number of aromatic nitrogens is 1. The number of hydrogen-bond acceptors (Lipinski definition) is 5. The Hall–Kier alpha value is -1.18. The highest BCUT2D eigenvalue weighted by molar-refractivity contribution is 7.89. The van der Waals surface area contributed by atoms with Gasteiger partial charge in [0.05, 0.1) is 0 Å². The van der Waals surface area contributed by atoms with Crippen molar-refractivity contribution in [2.45, 2.75) is 31.1 Å². The van der Waals surface area contributed by atoms with Crippen LogP contribution in [-0.2, 0) is 10.0 Å². The molecule has 0 aliphatic heterocycles. The number of rotatable bonds is 6. The van der Waals surface area contributed by atoms with Gasteiger partial charge in [-0.15, -0.1) is 0 Å². The van der Waals surface area contributed by atoms with Gasteiger partial charge in [0.15, 0.2) is 5.82 Å². The van der Waals surface area contributed by atoms with Crippen molar-refractivity contribution in [2.24, 2.45) is 11.3 Å². The summed E-state index contributed by atoms with van der Waals surface area (Å²) in [6.45, 7) is 2.56. The first-order valence-electron chi connectivity index (χ1n) is 5.94. The standard InChI is InChI=1S/C11H18N4O2S/c1-2-11(5-6-11)8-14-18(16,17)9-4-3-7-13-10(9)15-12/h3-4,7,14H,2,5-6,8,12H2,1H3,(H,13,15). The molecule has 0 unspecified atom stereocenters. The number of nitrogen functional groups attached to an aromatic ring is 1. The summed E-state index contributed by atoms with van der Waals surface area (Å²) in [6, 6.07) is 3.05. The molecule has 100 valence electrons. The molecule has 0 saturated heterocycles. The van der Waals surface area contributed by atoms with Crippen LogP contribution in [0, 0.1) is 5.41 Å². The lowest BCUT2D eigenvalue weighted by Gasteiger charge is -2.14. The molecule has 1 saturated carbocycles. The summed E-state index contributed by atoms with van der Waals surface area (Å²) in [6.07, 6.45) is 4.65. The van der Waals surface area contributed by atoms with E-state index in [0.717, 1.165) is 19.3 Å². The van der Waals surface area contributed by atoms with Crippen molar-refractivity contribution in [3.05, 3.63) is 18.3 Å². The third-order valence-electron chi connectivity index (χ3n) is 3.54. The molecule has 0 bridgehead atoms. The van der Waals surface area contributed by atoms with E-state index in [0.29, 0.717) is 6.54 Å². The highest BCUT2D eigenvalue weighted by atomic mass is 32.2. The van der Waals surface area contributed by atoms with E-state index in [4.69, 9.17) is 5.84 Å². The van der Waals surface area contributed by atoms with E-state index in [1.807, 2.05) is 0 Å². The van der Waals surface area contributed by atoms with Crippen LogP contribution in [0.25, 0.3) is 0 Å². The molecule has 2 rings (SSSR count). The van der Waals surface area contributed by atoms with Gasteiger partial charge in [-0.1, -0.05) is 6.92 Å². The van der Waals surface area contributed by atoms with Crippen LogP contribution in [-0.4, -0.2) is 19.9 Å². The summed E-state index contributed by atoms with van der Waals surface area (Å²) in [7, 11) is -3.56. The van der Waals surface area contributed by atoms with Gasteiger partial charge < -0.3 is 5.43 Å². The third kappa shape index (κ3) is 2.63.